The van der Waals surface area contributed by atoms with Crippen molar-refractivity contribution < 1.29 is 19.5 Å². The lowest BCUT2D eigenvalue weighted by atomic mass is 9.78. The molecule has 24 heavy (non-hydrogen) atoms. The number of hydrogen-bond acceptors (Lipinski definition) is 4. The summed E-state index contributed by atoms with van der Waals surface area (Å²) in [6.45, 7) is 14.9. The number of amides is 1. The van der Waals surface area contributed by atoms with Crippen molar-refractivity contribution in [3.05, 3.63) is 28.8 Å². The predicted octanol–water partition coefficient (Wildman–Crippen LogP) is 3.81. The highest BCUT2D eigenvalue weighted by Gasteiger charge is 2.27. The molecule has 0 aliphatic rings. The lowest BCUT2D eigenvalue weighted by Crippen LogP contribution is -2.30. The molecule has 0 aliphatic heterocycles. The van der Waals surface area contributed by atoms with E-state index in [4.69, 9.17) is 4.84 Å². The van der Waals surface area contributed by atoms with Gasteiger partial charge in [-0.05, 0) is 39.7 Å². The zero-order valence-corrected chi connectivity index (χ0v) is 16.0. The van der Waals surface area contributed by atoms with Crippen molar-refractivity contribution in [1.82, 2.24) is 5.06 Å². The summed E-state index contributed by atoms with van der Waals surface area (Å²) >= 11 is 0. The second-order valence-electron chi connectivity index (χ2n) is 8.18. The maximum atomic E-state index is 11.7. The minimum atomic E-state index is -0.545. The molecule has 0 heterocycles. The van der Waals surface area contributed by atoms with Crippen molar-refractivity contribution in [2.45, 2.75) is 72.8 Å². The van der Waals surface area contributed by atoms with E-state index in [1.807, 2.05) is 53.7 Å². The van der Waals surface area contributed by atoms with Gasteiger partial charge in [0.1, 0.15) is 5.75 Å². The van der Waals surface area contributed by atoms with Gasteiger partial charge in [0.2, 0.25) is 0 Å². The van der Waals surface area contributed by atoms with Crippen LogP contribution in [-0.2, 0) is 31.8 Å². The van der Waals surface area contributed by atoms with Gasteiger partial charge in [0, 0.05) is 13.8 Å². The van der Waals surface area contributed by atoms with Gasteiger partial charge in [-0.2, -0.15) is 5.06 Å². The van der Waals surface area contributed by atoms with Crippen LogP contribution in [0.3, 0.4) is 0 Å². The van der Waals surface area contributed by atoms with Gasteiger partial charge in [0.25, 0.3) is 5.91 Å². The first-order chi connectivity index (χ1) is 10.7. The summed E-state index contributed by atoms with van der Waals surface area (Å²) in [5, 5.41) is 11.7. The smallest absolute Gasteiger partial charge is 0.329 e. The number of phenolic OH excluding ortho intramolecular Hbond substituents is 1. The fourth-order valence-electron chi connectivity index (χ4n) is 2.46. The van der Waals surface area contributed by atoms with E-state index in [9.17, 15) is 14.7 Å². The number of phenols is 1. The molecule has 1 rings (SSSR count). The predicted molar refractivity (Wildman–Crippen MR) is 93.5 cm³/mol. The maximum absolute atomic E-state index is 11.7. The van der Waals surface area contributed by atoms with Crippen molar-refractivity contribution in [2.24, 2.45) is 0 Å². The molecule has 0 aliphatic carbocycles. The molecule has 0 aromatic heterocycles. The van der Waals surface area contributed by atoms with E-state index in [2.05, 4.69) is 0 Å². The van der Waals surface area contributed by atoms with Crippen LogP contribution in [0.1, 0.15) is 72.1 Å². The summed E-state index contributed by atoms with van der Waals surface area (Å²) in [7, 11) is 0. The average molecular weight is 335 g/mol. The number of hydroxylamine groups is 2. The molecule has 0 unspecified atom stereocenters. The van der Waals surface area contributed by atoms with E-state index in [1.165, 1.54) is 13.8 Å². The van der Waals surface area contributed by atoms with Crippen molar-refractivity contribution in [2.75, 3.05) is 0 Å². The topological polar surface area (TPSA) is 66.8 Å². The first kappa shape index (κ1) is 20.0. The minimum Gasteiger partial charge on any atom is -0.507 e. The lowest BCUT2D eigenvalue weighted by molar-refractivity contribution is -0.197. The van der Waals surface area contributed by atoms with Crippen LogP contribution in [0.2, 0.25) is 0 Å². The van der Waals surface area contributed by atoms with Crippen molar-refractivity contribution >= 4 is 11.9 Å². The Kier molecular flexibility index (Phi) is 5.70. The van der Waals surface area contributed by atoms with E-state index >= 15 is 0 Å². The van der Waals surface area contributed by atoms with E-state index in [0.29, 0.717) is 0 Å². The van der Waals surface area contributed by atoms with Crippen molar-refractivity contribution in [3.63, 3.8) is 0 Å². The molecule has 0 radical (unpaired) electrons. The van der Waals surface area contributed by atoms with Gasteiger partial charge in [0.05, 0.1) is 6.54 Å². The van der Waals surface area contributed by atoms with Gasteiger partial charge in [-0.25, -0.2) is 0 Å². The normalized spacial score (nSPS) is 12.0. The zero-order chi connectivity index (χ0) is 18.9. The second kappa shape index (κ2) is 6.83. The van der Waals surface area contributed by atoms with Crippen LogP contribution in [0.4, 0.5) is 0 Å². The van der Waals surface area contributed by atoms with Crippen molar-refractivity contribution in [3.8, 4) is 5.75 Å². The molecule has 5 nitrogen and oxygen atoms in total. The summed E-state index contributed by atoms with van der Waals surface area (Å²) in [4.78, 5) is 27.9. The molecule has 1 aromatic rings. The monoisotopic (exact) mass is 335 g/mol. The lowest BCUT2D eigenvalue weighted by Gasteiger charge is -2.29. The maximum Gasteiger partial charge on any atom is 0.329 e. The average Bonchev–Trinajstić information content (AvgIpc) is 2.36. The third-order valence-electron chi connectivity index (χ3n) is 3.70. The summed E-state index contributed by atoms with van der Waals surface area (Å²) in [5.41, 5.74) is 1.89. The van der Waals surface area contributed by atoms with E-state index < -0.39 is 5.97 Å². The number of rotatable bonds is 2. The second-order valence-corrected chi connectivity index (χ2v) is 8.18. The van der Waals surface area contributed by atoms with Gasteiger partial charge in [-0.15, -0.1) is 0 Å². The van der Waals surface area contributed by atoms with Crippen LogP contribution in [0.15, 0.2) is 12.1 Å². The number of carbonyl (C=O) groups excluding carboxylic acids is 2. The van der Waals surface area contributed by atoms with Crippen molar-refractivity contribution in [1.29, 1.82) is 0 Å². The van der Waals surface area contributed by atoms with E-state index in [1.54, 1.807) is 0 Å². The highest BCUT2D eigenvalue weighted by molar-refractivity contribution is 5.75. The molecule has 1 amide bonds. The van der Waals surface area contributed by atoms with Crippen LogP contribution >= 0.6 is 0 Å². The highest BCUT2D eigenvalue weighted by atomic mass is 16.7. The summed E-state index contributed by atoms with van der Waals surface area (Å²) in [6.07, 6.45) is 0. The molecule has 134 valence electrons. The highest BCUT2D eigenvalue weighted by Crippen LogP contribution is 2.40. The Bertz CT molecular complexity index is 601. The Labute approximate surface area is 144 Å². The molecule has 0 fully saturated rings. The molecule has 0 spiro atoms. The molecule has 1 N–H and O–H groups in total. The summed E-state index contributed by atoms with van der Waals surface area (Å²) in [5.74, 6) is -0.621. The van der Waals surface area contributed by atoms with Crippen LogP contribution in [0.25, 0.3) is 0 Å². The molecule has 5 heteroatoms. The van der Waals surface area contributed by atoms with Gasteiger partial charge >= 0.3 is 5.97 Å². The summed E-state index contributed by atoms with van der Waals surface area (Å²) < 4.78 is 0. The number of aromatic hydroxyl groups is 1. The first-order valence-corrected chi connectivity index (χ1v) is 8.07. The Hall–Kier alpha value is -2.04. The zero-order valence-electron chi connectivity index (χ0n) is 16.0. The molecule has 0 saturated carbocycles. The van der Waals surface area contributed by atoms with E-state index in [-0.39, 0.29) is 29.0 Å². The van der Waals surface area contributed by atoms with Gasteiger partial charge in [0.15, 0.2) is 0 Å². The molecular formula is C19H29NO4. The first-order valence-electron chi connectivity index (χ1n) is 8.07. The quantitative estimate of drug-likeness (QED) is 0.835. The number of hydrogen-bond donors (Lipinski definition) is 1. The van der Waals surface area contributed by atoms with Gasteiger partial charge < -0.3 is 9.94 Å². The fourth-order valence-corrected chi connectivity index (χ4v) is 2.46. The molecule has 0 saturated heterocycles. The molecule has 0 atom stereocenters. The SMILES string of the molecule is CC(=O)ON(Cc1cc(C(C)(C)C)c(O)c(C(C)(C)C)c1)C(C)=O. The largest absolute Gasteiger partial charge is 0.507 e. The Balaban J connectivity index is 3.43. The Morgan fingerprint density at radius 3 is 1.71 bits per heavy atom. The Morgan fingerprint density at radius 2 is 1.42 bits per heavy atom. The molecule has 0 bridgehead atoms. The number of benzene rings is 1. The number of carbonyl (C=O) groups is 2. The fraction of sp³-hybridized carbons (Fsp3) is 0.579. The third-order valence-corrected chi connectivity index (χ3v) is 3.70. The van der Waals surface area contributed by atoms with Crippen LogP contribution in [0, 0.1) is 0 Å². The van der Waals surface area contributed by atoms with Gasteiger partial charge in [-0.3, -0.25) is 9.59 Å². The van der Waals surface area contributed by atoms with E-state index in [0.717, 1.165) is 21.8 Å². The molecular weight excluding hydrogens is 306 g/mol. The molecule has 1 aromatic carbocycles. The third kappa shape index (κ3) is 4.98. The minimum absolute atomic E-state index is 0.140. The van der Waals surface area contributed by atoms with Crippen LogP contribution < -0.4 is 0 Å². The number of nitrogens with zero attached hydrogens (tertiary/aromatic N) is 1. The van der Waals surface area contributed by atoms with Crippen LogP contribution in [0.5, 0.6) is 5.75 Å². The standard InChI is InChI=1S/C19H29NO4/c1-12(21)20(24-13(2)22)11-14-9-15(18(3,4)5)17(23)16(10-14)19(6,7)8/h9-10,23H,11H2,1-8H3. The Morgan fingerprint density at radius 1 is 1.00 bits per heavy atom. The van der Waals surface area contributed by atoms with Gasteiger partial charge in [-0.1, -0.05) is 41.5 Å². The van der Waals surface area contributed by atoms with Crippen LogP contribution in [-0.4, -0.2) is 22.0 Å². The summed E-state index contributed by atoms with van der Waals surface area (Å²) in [6, 6.07) is 3.73.